The molecule has 0 radical (unpaired) electrons. The number of pyridine rings is 1. The van der Waals surface area contributed by atoms with Crippen LogP contribution in [0.3, 0.4) is 0 Å². The first-order chi connectivity index (χ1) is 15.0. The van der Waals surface area contributed by atoms with Crippen LogP contribution < -0.4 is 0 Å². The fourth-order valence-electron chi connectivity index (χ4n) is 4.85. The molecule has 2 aliphatic rings. The van der Waals surface area contributed by atoms with Gasteiger partial charge in [0.05, 0.1) is 6.54 Å². The molecule has 2 saturated heterocycles. The zero-order chi connectivity index (χ0) is 21.8. The second kappa shape index (κ2) is 9.77. The van der Waals surface area contributed by atoms with Crippen molar-refractivity contribution in [2.75, 3.05) is 39.8 Å². The number of fused-ring (bicyclic) bond motifs is 1. The highest BCUT2D eigenvalue weighted by Gasteiger charge is 2.28. The Balaban J connectivity index is 1.36. The third-order valence-electron chi connectivity index (χ3n) is 7.03. The number of benzene rings is 1. The van der Waals surface area contributed by atoms with E-state index in [2.05, 4.69) is 16.8 Å². The lowest BCUT2D eigenvalue weighted by atomic mass is 9.99. The van der Waals surface area contributed by atoms with Crippen LogP contribution >= 0.6 is 0 Å². The maximum absolute atomic E-state index is 13.3. The van der Waals surface area contributed by atoms with Crippen molar-refractivity contribution in [3.8, 4) is 0 Å². The van der Waals surface area contributed by atoms with Gasteiger partial charge in [-0.2, -0.15) is 0 Å². The maximum Gasteiger partial charge on any atom is 0.273 e. The average molecular weight is 423 g/mol. The van der Waals surface area contributed by atoms with Gasteiger partial charge in [0.1, 0.15) is 5.69 Å². The van der Waals surface area contributed by atoms with Gasteiger partial charge in [0.25, 0.3) is 5.91 Å². The van der Waals surface area contributed by atoms with E-state index in [0.717, 1.165) is 55.6 Å². The van der Waals surface area contributed by atoms with E-state index in [1.54, 1.807) is 6.20 Å². The van der Waals surface area contributed by atoms with E-state index in [1.807, 2.05) is 47.2 Å². The fourth-order valence-corrected chi connectivity index (χ4v) is 4.85. The summed E-state index contributed by atoms with van der Waals surface area (Å²) >= 11 is 0. The molecule has 1 aromatic carbocycles. The summed E-state index contributed by atoms with van der Waals surface area (Å²) in [4.78, 5) is 36.7. The van der Waals surface area contributed by atoms with Crippen molar-refractivity contribution in [2.45, 2.75) is 45.1 Å². The third kappa shape index (κ3) is 5.06. The van der Waals surface area contributed by atoms with Crippen molar-refractivity contribution in [3.05, 3.63) is 42.2 Å². The summed E-state index contributed by atoms with van der Waals surface area (Å²) in [6.45, 7) is 6.38. The first-order valence-corrected chi connectivity index (χ1v) is 11.6. The van der Waals surface area contributed by atoms with Crippen LogP contribution in [-0.4, -0.2) is 77.3 Å². The number of hydrogen-bond donors (Lipinski definition) is 0. The van der Waals surface area contributed by atoms with Crippen molar-refractivity contribution in [1.82, 2.24) is 19.7 Å². The van der Waals surface area contributed by atoms with Gasteiger partial charge in [-0.05, 0) is 62.6 Å². The third-order valence-corrected chi connectivity index (χ3v) is 7.03. The van der Waals surface area contributed by atoms with Crippen molar-refractivity contribution >= 4 is 22.6 Å². The number of piperidine rings is 1. The Labute approximate surface area is 185 Å². The first kappa shape index (κ1) is 21.8. The molecule has 166 valence electrons. The van der Waals surface area contributed by atoms with Gasteiger partial charge in [-0.1, -0.05) is 31.2 Å². The molecular weight excluding hydrogens is 388 g/mol. The topological polar surface area (TPSA) is 56.8 Å². The number of amides is 2. The van der Waals surface area contributed by atoms with Crippen LogP contribution in [0.2, 0.25) is 0 Å². The quantitative estimate of drug-likeness (QED) is 0.758. The molecular formula is C25H34N4O2. The zero-order valence-electron chi connectivity index (χ0n) is 18.8. The highest BCUT2D eigenvalue weighted by atomic mass is 16.2. The normalized spacial score (nSPS) is 21.1. The summed E-state index contributed by atoms with van der Waals surface area (Å²) in [7, 11) is 1.88. The van der Waals surface area contributed by atoms with Crippen LogP contribution in [-0.2, 0) is 4.79 Å². The SMILES string of the molecule is CC1CCN(CC(=O)N2CCC[C@H](N(C)C(=O)c3nccc4ccccc34)CC2)CC1. The Morgan fingerprint density at radius 2 is 1.81 bits per heavy atom. The Morgan fingerprint density at radius 3 is 2.61 bits per heavy atom. The minimum absolute atomic E-state index is 0.0380. The zero-order valence-corrected chi connectivity index (χ0v) is 18.8. The highest BCUT2D eigenvalue weighted by molar-refractivity contribution is 6.05. The lowest BCUT2D eigenvalue weighted by Crippen LogP contribution is -2.44. The van der Waals surface area contributed by atoms with Gasteiger partial charge in [0.15, 0.2) is 0 Å². The highest BCUT2D eigenvalue weighted by Crippen LogP contribution is 2.22. The second-order valence-electron chi connectivity index (χ2n) is 9.22. The Morgan fingerprint density at radius 1 is 1.03 bits per heavy atom. The summed E-state index contributed by atoms with van der Waals surface area (Å²) in [5, 5.41) is 1.92. The van der Waals surface area contributed by atoms with Gasteiger partial charge in [0.2, 0.25) is 5.91 Å². The van der Waals surface area contributed by atoms with Crippen molar-refractivity contribution in [2.24, 2.45) is 5.92 Å². The molecule has 0 spiro atoms. The van der Waals surface area contributed by atoms with Crippen LogP contribution in [0.5, 0.6) is 0 Å². The molecule has 2 amide bonds. The maximum atomic E-state index is 13.3. The van der Waals surface area contributed by atoms with Crippen molar-refractivity contribution in [3.63, 3.8) is 0 Å². The summed E-state index contributed by atoms with van der Waals surface area (Å²) in [6.07, 6.45) is 6.73. The van der Waals surface area contributed by atoms with Crippen molar-refractivity contribution in [1.29, 1.82) is 0 Å². The van der Waals surface area contributed by atoms with Crippen LogP contribution in [0, 0.1) is 5.92 Å². The minimum Gasteiger partial charge on any atom is -0.342 e. The fraction of sp³-hybridized carbons (Fsp3) is 0.560. The smallest absolute Gasteiger partial charge is 0.273 e. The monoisotopic (exact) mass is 422 g/mol. The molecule has 0 unspecified atom stereocenters. The number of rotatable bonds is 4. The molecule has 0 bridgehead atoms. The number of hydrogen-bond acceptors (Lipinski definition) is 4. The molecule has 2 fully saturated rings. The molecule has 2 aromatic rings. The second-order valence-corrected chi connectivity index (χ2v) is 9.22. The molecule has 31 heavy (non-hydrogen) atoms. The van der Waals surface area contributed by atoms with Crippen LogP contribution in [0.4, 0.5) is 0 Å². The van der Waals surface area contributed by atoms with Crippen LogP contribution in [0.15, 0.2) is 36.5 Å². The molecule has 1 aromatic heterocycles. The molecule has 0 saturated carbocycles. The van der Waals surface area contributed by atoms with Gasteiger partial charge >= 0.3 is 0 Å². The van der Waals surface area contributed by atoms with Gasteiger partial charge in [0, 0.05) is 37.8 Å². The minimum atomic E-state index is -0.0380. The van der Waals surface area contributed by atoms with E-state index in [9.17, 15) is 9.59 Å². The average Bonchev–Trinajstić information content (AvgIpc) is 3.06. The number of likely N-dealkylation sites (tertiary alicyclic amines) is 2. The largest absolute Gasteiger partial charge is 0.342 e. The summed E-state index contributed by atoms with van der Waals surface area (Å²) < 4.78 is 0. The number of carbonyl (C=O) groups excluding carboxylic acids is 2. The molecule has 2 aliphatic heterocycles. The van der Waals surface area contributed by atoms with E-state index in [4.69, 9.17) is 0 Å². The van der Waals surface area contributed by atoms with Gasteiger partial charge in [-0.25, -0.2) is 0 Å². The van der Waals surface area contributed by atoms with E-state index >= 15 is 0 Å². The number of nitrogens with zero attached hydrogens (tertiary/aromatic N) is 4. The Kier molecular flexibility index (Phi) is 6.86. The Bertz CT molecular complexity index is 917. The molecule has 0 N–H and O–H groups in total. The lowest BCUT2D eigenvalue weighted by molar-refractivity contribution is -0.132. The first-order valence-electron chi connectivity index (χ1n) is 11.6. The van der Waals surface area contributed by atoms with Gasteiger partial charge < -0.3 is 9.80 Å². The van der Waals surface area contributed by atoms with E-state index in [-0.39, 0.29) is 17.9 Å². The standard InChI is InChI=1S/C25H34N4O2/c1-19-10-15-28(16-11-19)18-23(30)29-14-5-7-21(12-17-29)27(2)25(31)24-22-8-4-3-6-20(22)9-13-26-24/h3-4,6,8-9,13,19,21H,5,7,10-12,14-18H2,1-2H3/t21-/m0/s1. The molecule has 6 heteroatoms. The Hall–Kier alpha value is -2.47. The number of carbonyl (C=O) groups is 2. The summed E-state index contributed by atoms with van der Waals surface area (Å²) in [5.74, 6) is 0.971. The van der Waals surface area contributed by atoms with Crippen molar-refractivity contribution < 1.29 is 9.59 Å². The van der Waals surface area contributed by atoms with Gasteiger partial charge in [-0.15, -0.1) is 0 Å². The van der Waals surface area contributed by atoms with Gasteiger partial charge in [-0.3, -0.25) is 19.5 Å². The summed E-state index contributed by atoms with van der Waals surface area (Å²) in [5.41, 5.74) is 0.511. The lowest BCUT2D eigenvalue weighted by Gasteiger charge is -2.31. The van der Waals surface area contributed by atoms with Crippen LogP contribution in [0.1, 0.15) is 49.5 Å². The van der Waals surface area contributed by atoms with E-state index < -0.39 is 0 Å². The van der Waals surface area contributed by atoms with Crippen LogP contribution in [0.25, 0.3) is 10.8 Å². The molecule has 4 rings (SSSR count). The predicted octanol–water partition coefficient (Wildman–Crippen LogP) is 3.42. The van der Waals surface area contributed by atoms with E-state index in [1.165, 1.54) is 12.8 Å². The predicted molar refractivity (Wildman–Crippen MR) is 123 cm³/mol. The molecule has 0 aliphatic carbocycles. The molecule has 1 atom stereocenters. The molecule has 3 heterocycles. The number of aromatic nitrogens is 1. The molecule has 6 nitrogen and oxygen atoms in total. The van der Waals surface area contributed by atoms with E-state index in [0.29, 0.717) is 18.8 Å². The summed E-state index contributed by atoms with van der Waals surface area (Å²) in [6, 6.07) is 9.94.